The molecule has 5 heteroatoms. The fourth-order valence-corrected chi connectivity index (χ4v) is 2.12. The van der Waals surface area contributed by atoms with Crippen molar-refractivity contribution in [1.82, 2.24) is 5.32 Å². The summed E-state index contributed by atoms with van der Waals surface area (Å²) in [6.07, 6.45) is 0. The van der Waals surface area contributed by atoms with Crippen LogP contribution in [0.5, 0.6) is 0 Å². The van der Waals surface area contributed by atoms with Crippen LogP contribution in [0.25, 0.3) is 0 Å². The average Bonchev–Trinajstić information content (AvgIpc) is 2.48. The molecule has 0 saturated heterocycles. The molecule has 2 aromatic carbocycles. The summed E-state index contributed by atoms with van der Waals surface area (Å²) in [5.41, 5.74) is 6.67. The van der Waals surface area contributed by atoms with Crippen LogP contribution in [0.15, 0.2) is 48.5 Å². The molecular formula is C16H16F2N2O. The third-order valence-corrected chi connectivity index (χ3v) is 3.28. The molecule has 0 heterocycles. The maximum atomic E-state index is 13.3. The molecule has 2 rings (SSSR count). The van der Waals surface area contributed by atoms with Crippen molar-refractivity contribution in [2.75, 3.05) is 0 Å². The summed E-state index contributed by atoms with van der Waals surface area (Å²) in [5.74, 6) is -2.35. The number of halogens is 2. The highest BCUT2D eigenvalue weighted by atomic mass is 19.2. The summed E-state index contributed by atoms with van der Waals surface area (Å²) in [5, 5.41) is 3.03. The first-order chi connectivity index (χ1) is 9.99. The van der Waals surface area contributed by atoms with E-state index in [0.717, 1.165) is 17.7 Å². The second kappa shape index (κ2) is 6.45. The molecule has 0 aliphatic heterocycles. The minimum Gasteiger partial charge on any atom is -0.368 e. The van der Waals surface area contributed by atoms with Gasteiger partial charge in [-0.2, -0.15) is 0 Å². The van der Waals surface area contributed by atoms with E-state index in [0.29, 0.717) is 5.56 Å². The van der Waals surface area contributed by atoms with Gasteiger partial charge in [-0.3, -0.25) is 10.1 Å². The molecule has 0 bridgehead atoms. The van der Waals surface area contributed by atoms with E-state index < -0.39 is 23.6 Å². The van der Waals surface area contributed by atoms with Gasteiger partial charge in [0.05, 0.1) is 0 Å². The molecule has 0 radical (unpaired) electrons. The van der Waals surface area contributed by atoms with Crippen LogP contribution in [0.2, 0.25) is 0 Å². The second-order valence-corrected chi connectivity index (χ2v) is 4.81. The standard InChI is InChI=1S/C16H16F2N2O/c1-10(12-7-8-13(17)14(18)9-12)20-15(16(19)21)11-5-3-2-4-6-11/h2-10,15,20H,1H3,(H2,19,21). The molecule has 1 amide bonds. The summed E-state index contributed by atoms with van der Waals surface area (Å²) in [4.78, 5) is 11.6. The normalized spacial score (nSPS) is 13.7. The minimum atomic E-state index is -0.920. The fraction of sp³-hybridized carbons (Fsp3) is 0.188. The number of primary amides is 1. The predicted octanol–water partition coefficient (Wildman–Crippen LogP) is 2.84. The first kappa shape index (κ1) is 15.1. The molecule has 0 spiro atoms. The molecule has 3 nitrogen and oxygen atoms in total. The van der Waals surface area contributed by atoms with E-state index in [-0.39, 0.29) is 6.04 Å². The van der Waals surface area contributed by atoms with Gasteiger partial charge < -0.3 is 5.73 Å². The summed E-state index contributed by atoms with van der Waals surface area (Å²) in [6, 6.07) is 11.6. The Balaban J connectivity index is 2.20. The summed E-state index contributed by atoms with van der Waals surface area (Å²) >= 11 is 0. The molecule has 2 atom stereocenters. The van der Waals surface area contributed by atoms with Crippen molar-refractivity contribution in [2.45, 2.75) is 19.0 Å². The zero-order chi connectivity index (χ0) is 15.4. The Morgan fingerprint density at radius 1 is 1.05 bits per heavy atom. The maximum Gasteiger partial charge on any atom is 0.239 e. The fourth-order valence-electron chi connectivity index (χ4n) is 2.12. The minimum absolute atomic E-state index is 0.363. The van der Waals surface area contributed by atoms with Crippen LogP contribution < -0.4 is 11.1 Å². The Bertz CT molecular complexity index is 631. The summed E-state index contributed by atoms with van der Waals surface area (Å²) in [6.45, 7) is 1.76. The number of benzene rings is 2. The van der Waals surface area contributed by atoms with E-state index in [9.17, 15) is 13.6 Å². The topological polar surface area (TPSA) is 55.1 Å². The first-order valence-electron chi connectivity index (χ1n) is 6.54. The number of hydrogen-bond acceptors (Lipinski definition) is 2. The maximum absolute atomic E-state index is 13.3. The van der Waals surface area contributed by atoms with Crippen molar-refractivity contribution in [2.24, 2.45) is 5.73 Å². The van der Waals surface area contributed by atoms with E-state index in [1.54, 1.807) is 31.2 Å². The molecule has 0 aliphatic rings. The first-order valence-corrected chi connectivity index (χ1v) is 6.54. The van der Waals surface area contributed by atoms with Gasteiger partial charge >= 0.3 is 0 Å². The predicted molar refractivity (Wildman–Crippen MR) is 76.3 cm³/mol. The van der Waals surface area contributed by atoms with E-state index in [1.165, 1.54) is 6.07 Å². The molecular weight excluding hydrogens is 274 g/mol. The number of nitrogens with one attached hydrogen (secondary N) is 1. The Morgan fingerprint density at radius 2 is 1.71 bits per heavy atom. The summed E-state index contributed by atoms with van der Waals surface area (Å²) < 4.78 is 26.2. The second-order valence-electron chi connectivity index (χ2n) is 4.81. The number of nitrogens with two attached hydrogens (primary N) is 1. The van der Waals surface area contributed by atoms with Crippen molar-refractivity contribution in [1.29, 1.82) is 0 Å². The highest BCUT2D eigenvalue weighted by Crippen LogP contribution is 2.21. The Morgan fingerprint density at radius 3 is 2.29 bits per heavy atom. The van der Waals surface area contributed by atoms with Gasteiger partial charge in [-0.15, -0.1) is 0 Å². The lowest BCUT2D eigenvalue weighted by atomic mass is 10.0. The van der Waals surface area contributed by atoms with Gasteiger partial charge in [0, 0.05) is 6.04 Å². The van der Waals surface area contributed by atoms with Crippen molar-refractivity contribution in [3.63, 3.8) is 0 Å². The zero-order valence-corrected chi connectivity index (χ0v) is 11.5. The smallest absolute Gasteiger partial charge is 0.239 e. The lowest BCUT2D eigenvalue weighted by Gasteiger charge is -2.21. The molecule has 2 unspecified atom stereocenters. The molecule has 110 valence electrons. The lowest BCUT2D eigenvalue weighted by Crippen LogP contribution is -2.35. The number of amides is 1. The van der Waals surface area contributed by atoms with Crippen LogP contribution in [0, 0.1) is 11.6 Å². The number of hydrogen-bond donors (Lipinski definition) is 2. The molecule has 0 aliphatic carbocycles. The van der Waals surface area contributed by atoms with E-state index >= 15 is 0 Å². The average molecular weight is 290 g/mol. The molecule has 21 heavy (non-hydrogen) atoms. The number of carbonyl (C=O) groups excluding carboxylic acids is 1. The van der Waals surface area contributed by atoms with E-state index in [2.05, 4.69) is 5.32 Å². The van der Waals surface area contributed by atoms with Crippen LogP contribution in [0.4, 0.5) is 8.78 Å². The zero-order valence-electron chi connectivity index (χ0n) is 11.5. The highest BCUT2D eigenvalue weighted by molar-refractivity contribution is 5.81. The Labute approximate surface area is 121 Å². The Kier molecular flexibility index (Phi) is 4.65. The van der Waals surface area contributed by atoms with Gasteiger partial charge in [-0.25, -0.2) is 8.78 Å². The van der Waals surface area contributed by atoms with Gasteiger partial charge in [-0.05, 0) is 30.2 Å². The molecule has 0 aromatic heterocycles. The monoisotopic (exact) mass is 290 g/mol. The van der Waals surface area contributed by atoms with Crippen LogP contribution >= 0.6 is 0 Å². The van der Waals surface area contributed by atoms with Gasteiger partial charge in [-0.1, -0.05) is 36.4 Å². The SMILES string of the molecule is CC(NC(C(N)=O)c1ccccc1)c1ccc(F)c(F)c1. The van der Waals surface area contributed by atoms with Crippen molar-refractivity contribution in [3.05, 3.63) is 71.3 Å². The largest absolute Gasteiger partial charge is 0.368 e. The van der Waals surface area contributed by atoms with E-state index in [4.69, 9.17) is 5.73 Å². The van der Waals surface area contributed by atoms with Crippen molar-refractivity contribution in [3.8, 4) is 0 Å². The van der Waals surface area contributed by atoms with Gasteiger partial charge in [0.15, 0.2) is 11.6 Å². The third-order valence-electron chi connectivity index (χ3n) is 3.28. The van der Waals surface area contributed by atoms with Crippen LogP contribution in [-0.2, 0) is 4.79 Å². The lowest BCUT2D eigenvalue weighted by molar-refractivity contribution is -0.120. The quantitative estimate of drug-likeness (QED) is 0.889. The van der Waals surface area contributed by atoms with Gasteiger partial charge in [0.1, 0.15) is 6.04 Å². The third kappa shape index (κ3) is 3.64. The number of carbonyl (C=O) groups is 1. The molecule has 3 N–H and O–H groups in total. The highest BCUT2D eigenvalue weighted by Gasteiger charge is 2.20. The van der Waals surface area contributed by atoms with Crippen molar-refractivity contribution >= 4 is 5.91 Å². The number of rotatable bonds is 5. The Hall–Kier alpha value is -2.27. The van der Waals surface area contributed by atoms with Crippen LogP contribution in [0.1, 0.15) is 30.1 Å². The van der Waals surface area contributed by atoms with Gasteiger partial charge in [0.25, 0.3) is 0 Å². The van der Waals surface area contributed by atoms with E-state index in [1.807, 2.05) is 6.07 Å². The van der Waals surface area contributed by atoms with Crippen molar-refractivity contribution < 1.29 is 13.6 Å². The van der Waals surface area contributed by atoms with Crippen LogP contribution in [-0.4, -0.2) is 5.91 Å². The summed E-state index contributed by atoms with van der Waals surface area (Å²) in [7, 11) is 0. The molecule has 2 aromatic rings. The van der Waals surface area contributed by atoms with Gasteiger partial charge in [0.2, 0.25) is 5.91 Å². The van der Waals surface area contributed by atoms with Crippen LogP contribution in [0.3, 0.4) is 0 Å². The molecule has 0 saturated carbocycles. The molecule has 0 fully saturated rings.